The molecule has 26 heavy (non-hydrogen) atoms. The van der Waals surface area contributed by atoms with Gasteiger partial charge >= 0.3 is 6.18 Å². The SMILES string of the molecule is O=C(c1cnn(-c2ccc(C(F)(F)F)cc2)c1)N1CCC2(CC2)S1(=O)=O. The molecule has 1 aromatic carbocycles. The topological polar surface area (TPSA) is 72.3 Å². The predicted molar refractivity (Wildman–Crippen MR) is 85.1 cm³/mol. The fourth-order valence-corrected chi connectivity index (χ4v) is 5.26. The van der Waals surface area contributed by atoms with Crippen LogP contribution in [0, 0.1) is 0 Å². The first kappa shape index (κ1) is 17.1. The van der Waals surface area contributed by atoms with Crippen LogP contribution in [0.25, 0.3) is 5.69 Å². The van der Waals surface area contributed by atoms with Crippen molar-refractivity contribution in [1.82, 2.24) is 14.1 Å². The van der Waals surface area contributed by atoms with Gasteiger partial charge in [-0.15, -0.1) is 0 Å². The lowest BCUT2D eigenvalue weighted by atomic mass is 10.2. The zero-order valence-electron chi connectivity index (χ0n) is 13.4. The molecule has 0 N–H and O–H groups in total. The number of halogens is 3. The molecular weight excluding hydrogens is 371 g/mol. The van der Waals surface area contributed by atoms with Crippen LogP contribution in [-0.2, 0) is 16.2 Å². The molecule has 2 aliphatic rings. The van der Waals surface area contributed by atoms with Crippen LogP contribution >= 0.6 is 0 Å². The van der Waals surface area contributed by atoms with Crippen LogP contribution in [0.1, 0.15) is 35.2 Å². The number of amides is 1. The zero-order valence-corrected chi connectivity index (χ0v) is 14.2. The third-order valence-electron chi connectivity index (χ3n) is 4.93. The molecule has 0 bridgehead atoms. The summed E-state index contributed by atoms with van der Waals surface area (Å²) in [6, 6.07) is 4.30. The Morgan fingerprint density at radius 2 is 1.77 bits per heavy atom. The van der Waals surface area contributed by atoms with Gasteiger partial charge in [-0.1, -0.05) is 0 Å². The molecule has 1 amide bonds. The van der Waals surface area contributed by atoms with Gasteiger partial charge in [0, 0.05) is 12.7 Å². The molecule has 2 aromatic rings. The van der Waals surface area contributed by atoms with Crippen LogP contribution in [0.15, 0.2) is 36.7 Å². The van der Waals surface area contributed by atoms with Crippen molar-refractivity contribution in [2.24, 2.45) is 0 Å². The molecular formula is C16H14F3N3O3S. The first-order valence-electron chi connectivity index (χ1n) is 7.93. The van der Waals surface area contributed by atoms with E-state index in [1.165, 1.54) is 29.2 Å². The van der Waals surface area contributed by atoms with Crippen LogP contribution in [0.5, 0.6) is 0 Å². The van der Waals surface area contributed by atoms with Gasteiger partial charge in [0.1, 0.15) is 0 Å². The van der Waals surface area contributed by atoms with E-state index in [-0.39, 0.29) is 12.1 Å². The third-order valence-corrected chi connectivity index (χ3v) is 7.57. The molecule has 6 nitrogen and oxygen atoms in total. The first-order valence-corrected chi connectivity index (χ1v) is 9.37. The Balaban J connectivity index is 1.58. The molecule has 10 heteroatoms. The van der Waals surface area contributed by atoms with Gasteiger partial charge in [-0.2, -0.15) is 18.3 Å². The van der Waals surface area contributed by atoms with Gasteiger partial charge in [-0.05, 0) is 43.5 Å². The van der Waals surface area contributed by atoms with Gasteiger partial charge in [-0.3, -0.25) is 4.79 Å². The van der Waals surface area contributed by atoms with Crippen LogP contribution < -0.4 is 0 Å². The number of benzene rings is 1. The van der Waals surface area contributed by atoms with E-state index >= 15 is 0 Å². The van der Waals surface area contributed by atoms with Crippen molar-refractivity contribution in [3.8, 4) is 5.69 Å². The summed E-state index contributed by atoms with van der Waals surface area (Å²) < 4.78 is 64.1. The molecule has 2 heterocycles. The fourth-order valence-electron chi connectivity index (χ4n) is 3.17. The highest BCUT2D eigenvalue weighted by Gasteiger charge is 2.62. The molecule has 1 spiro atoms. The zero-order chi connectivity index (χ0) is 18.7. The maximum absolute atomic E-state index is 12.6. The highest BCUT2D eigenvalue weighted by molar-refractivity contribution is 7.91. The number of nitrogens with zero attached hydrogens (tertiary/aromatic N) is 3. The molecule has 1 aromatic heterocycles. The van der Waals surface area contributed by atoms with Gasteiger partial charge in [-0.25, -0.2) is 17.4 Å². The Bertz CT molecular complexity index is 976. The number of aromatic nitrogens is 2. The Morgan fingerprint density at radius 1 is 1.12 bits per heavy atom. The number of carbonyl (C=O) groups is 1. The van der Waals surface area contributed by atoms with Crippen LogP contribution in [0.3, 0.4) is 0 Å². The molecule has 0 atom stereocenters. The minimum Gasteiger partial charge on any atom is -0.268 e. The Kier molecular flexibility index (Phi) is 3.49. The first-order chi connectivity index (χ1) is 12.1. The Hall–Kier alpha value is -2.36. The van der Waals surface area contributed by atoms with E-state index in [0.717, 1.165) is 16.4 Å². The monoisotopic (exact) mass is 385 g/mol. The molecule has 0 unspecified atom stereocenters. The summed E-state index contributed by atoms with van der Waals surface area (Å²) in [5.41, 5.74) is -0.381. The molecule has 0 radical (unpaired) electrons. The summed E-state index contributed by atoms with van der Waals surface area (Å²) in [6.07, 6.45) is -0.319. The summed E-state index contributed by atoms with van der Waals surface area (Å²) in [4.78, 5) is 12.6. The minimum atomic E-state index is -4.44. The average Bonchev–Trinajstić information content (AvgIpc) is 3.13. The van der Waals surface area contributed by atoms with Crippen molar-refractivity contribution in [2.45, 2.75) is 30.2 Å². The van der Waals surface area contributed by atoms with Gasteiger partial charge in [0.05, 0.1) is 27.8 Å². The summed E-state index contributed by atoms with van der Waals surface area (Å²) in [5.74, 6) is -0.660. The Labute approximate surface area is 147 Å². The van der Waals surface area contributed by atoms with Crippen molar-refractivity contribution < 1.29 is 26.4 Å². The van der Waals surface area contributed by atoms with Crippen molar-refractivity contribution in [3.63, 3.8) is 0 Å². The lowest BCUT2D eigenvalue weighted by molar-refractivity contribution is -0.137. The highest BCUT2D eigenvalue weighted by atomic mass is 32.2. The van der Waals surface area contributed by atoms with Crippen molar-refractivity contribution in [1.29, 1.82) is 0 Å². The largest absolute Gasteiger partial charge is 0.416 e. The predicted octanol–water partition coefficient (Wildman–Crippen LogP) is 2.60. The van der Waals surface area contributed by atoms with Crippen LogP contribution in [0.4, 0.5) is 13.2 Å². The normalized spacial score (nSPS) is 20.5. The number of hydrogen-bond acceptors (Lipinski definition) is 4. The molecule has 1 saturated carbocycles. The van der Waals surface area contributed by atoms with Crippen LogP contribution in [0.2, 0.25) is 0 Å². The molecule has 2 fully saturated rings. The maximum atomic E-state index is 12.6. The number of sulfonamides is 1. The van der Waals surface area contributed by atoms with E-state index in [1.807, 2.05) is 0 Å². The second-order valence-electron chi connectivity index (χ2n) is 6.53. The van der Waals surface area contributed by atoms with E-state index in [4.69, 9.17) is 0 Å². The smallest absolute Gasteiger partial charge is 0.268 e. The maximum Gasteiger partial charge on any atom is 0.416 e. The second-order valence-corrected chi connectivity index (χ2v) is 8.79. The fraction of sp³-hybridized carbons (Fsp3) is 0.375. The number of hydrogen-bond donors (Lipinski definition) is 0. The second kappa shape index (κ2) is 5.32. The molecule has 138 valence electrons. The quantitative estimate of drug-likeness (QED) is 0.797. The summed E-state index contributed by atoms with van der Waals surface area (Å²) in [6.45, 7) is 0.145. The average molecular weight is 385 g/mol. The lowest BCUT2D eigenvalue weighted by Gasteiger charge is -2.15. The minimum absolute atomic E-state index is 0.0752. The van der Waals surface area contributed by atoms with E-state index in [2.05, 4.69) is 5.10 Å². The Morgan fingerprint density at radius 3 is 2.31 bits per heavy atom. The van der Waals surface area contributed by atoms with Gasteiger partial charge < -0.3 is 0 Å². The van der Waals surface area contributed by atoms with E-state index in [1.54, 1.807) is 0 Å². The van der Waals surface area contributed by atoms with Crippen LogP contribution in [-0.4, -0.2) is 39.7 Å². The van der Waals surface area contributed by atoms with Crippen molar-refractivity contribution in [2.75, 3.05) is 6.54 Å². The van der Waals surface area contributed by atoms with Gasteiger partial charge in [0.25, 0.3) is 5.91 Å². The van der Waals surface area contributed by atoms with Gasteiger partial charge in [0.15, 0.2) is 0 Å². The summed E-state index contributed by atoms with van der Waals surface area (Å²) >= 11 is 0. The number of alkyl halides is 3. The third kappa shape index (κ3) is 2.51. The molecule has 1 aliphatic carbocycles. The molecule has 1 saturated heterocycles. The lowest BCUT2D eigenvalue weighted by Crippen LogP contribution is -2.35. The summed E-state index contributed by atoms with van der Waals surface area (Å²) in [7, 11) is -3.66. The number of carbonyl (C=O) groups excluding carboxylic acids is 1. The van der Waals surface area contributed by atoms with E-state index < -0.39 is 32.4 Å². The molecule has 4 rings (SSSR count). The van der Waals surface area contributed by atoms with E-state index in [0.29, 0.717) is 24.9 Å². The number of rotatable bonds is 2. The van der Waals surface area contributed by atoms with Crippen molar-refractivity contribution >= 4 is 15.9 Å². The van der Waals surface area contributed by atoms with Crippen molar-refractivity contribution in [3.05, 3.63) is 47.8 Å². The van der Waals surface area contributed by atoms with E-state index in [9.17, 15) is 26.4 Å². The summed E-state index contributed by atoms with van der Waals surface area (Å²) in [5, 5.41) is 3.96. The molecule has 1 aliphatic heterocycles. The van der Waals surface area contributed by atoms with Gasteiger partial charge in [0.2, 0.25) is 10.0 Å². The highest BCUT2D eigenvalue weighted by Crippen LogP contribution is 2.52. The standard InChI is InChI=1S/C16H14F3N3O3S/c17-16(18,19)12-1-3-13(4-2-12)21-10-11(9-20-21)14(23)22-8-7-15(5-6-15)26(22,24)25/h1-4,9-10H,5-8H2.